The van der Waals surface area contributed by atoms with Gasteiger partial charge in [0, 0.05) is 30.7 Å². The number of rotatable bonds is 4. The van der Waals surface area contributed by atoms with Gasteiger partial charge in [-0.15, -0.1) is 0 Å². The molecule has 1 aliphatic rings. The maximum absolute atomic E-state index is 4.24. The molecule has 2 aromatic rings. The lowest BCUT2D eigenvalue weighted by Gasteiger charge is -2.15. The maximum Gasteiger partial charge on any atom is 0.0660 e. The molecule has 1 unspecified atom stereocenters. The van der Waals surface area contributed by atoms with Gasteiger partial charge in [-0.05, 0) is 43.8 Å². The second kappa shape index (κ2) is 5.45. The van der Waals surface area contributed by atoms with E-state index < -0.39 is 0 Å². The van der Waals surface area contributed by atoms with Gasteiger partial charge in [0.2, 0.25) is 0 Å². The lowest BCUT2D eigenvalue weighted by Crippen LogP contribution is -2.23. The Morgan fingerprint density at radius 2 is 2.32 bits per heavy atom. The highest BCUT2D eigenvalue weighted by Crippen LogP contribution is 2.16. The molecule has 1 aliphatic heterocycles. The lowest BCUT2D eigenvalue weighted by atomic mass is 10.1. The quantitative estimate of drug-likeness (QED) is 0.909. The van der Waals surface area contributed by atoms with E-state index in [2.05, 4.69) is 46.6 Å². The molecular weight excluding hydrogens is 236 g/mol. The molecule has 0 radical (unpaired) electrons. The highest BCUT2D eigenvalue weighted by atomic mass is 15.3. The van der Waals surface area contributed by atoms with Crippen molar-refractivity contribution in [2.24, 2.45) is 0 Å². The number of hydrogen-bond donors (Lipinski definition) is 1. The molecule has 19 heavy (non-hydrogen) atoms. The Morgan fingerprint density at radius 1 is 1.37 bits per heavy atom. The molecule has 0 spiro atoms. The third-order valence-electron chi connectivity index (χ3n) is 3.59. The van der Waals surface area contributed by atoms with Gasteiger partial charge >= 0.3 is 0 Å². The molecule has 1 saturated heterocycles. The predicted octanol–water partition coefficient (Wildman–Crippen LogP) is 2.05. The summed E-state index contributed by atoms with van der Waals surface area (Å²) in [5, 5.41) is 7.86. The fraction of sp³-hybridized carbons (Fsp3) is 0.400. The number of likely N-dealkylation sites (N-methyl/N-ethyl adjacent to an activating group) is 1. The molecule has 1 fully saturated rings. The van der Waals surface area contributed by atoms with Crippen LogP contribution in [0.25, 0.3) is 0 Å². The van der Waals surface area contributed by atoms with Gasteiger partial charge in [0.15, 0.2) is 0 Å². The van der Waals surface area contributed by atoms with Crippen LogP contribution in [0.2, 0.25) is 0 Å². The van der Waals surface area contributed by atoms with Crippen molar-refractivity contribution in [2.45, 2.75) is 19.0 Å². The van der Waals surface area contributed by atoms with Gasteiger partial charge < -0.3 is 10.2 Å². The largest absolute Gasteiger partial charge is 0.381 e. The fourth-order valence-electron chi connectivity index (χ4n) is 2.63. The smallest absolute Gasteiger partial charge is 0.0660 e. The van der Waals surface area contributed by atoms with Crippen LogP contribution in [0.4, 0.5) is 5.69 Å². The van der Waals surface area contributed by atoms with E-state index in [-0.39, 0.29) is 0 Å². The van der Waals surface area contributed by atoms with E-state index in [1.54, 1.807) is 0 Å². The Balaban J connectivity index is 1.66. The summed E-state index contributed by atoms with van der Waals surface area (Å²) in [5.41, 5.74) is 2.49. The molecule has 0 bridgehead atoms. The molecule has 100 valence electrons. The molecule has 1 aromatic heterocycles. The fourth-order valence-corrected chi connectivity index (χ4v) is 2.63. The first kappa shape index (κ1) is 12.2. The molecule has 0 saturated carbocycles. The second-order valence-corrected chi connectivity index (χ2v) is 5.30. The Bertz CT molecular complexity index is 521. The summed E-state index contributed by atoms with van der Waals surface area (Å²) in [6.45, 7) is 3.14. The van der Waals surface area contributed by atoms with Crippen molar-refractivity contribution in [3.05, 3.63) is 48.3 Å². The Morgan fingerprint density at radius 3 is 3.05 bits per heavy atom. The minimum atomic E-state index is 0.574. The third-order valence-corrected chi connectivity index (χ3v) is 3.59. The summed E-state index contributed by atoms with van der Waals surface area (Å²) in [7, 11) is 2.18. The average Bonchev–Trinajstić information content (AvgIpc) is 3.02. The summed E-state index contributed by atoms with van der Waals surface area (Å²) in [5.74, 6) is 0. The molecule has 1 aromatic carbocycles. The summed E-state index contributed by atoms with van der Waals surface area (Å²) in [6, 6.07) is 11.2. The molecule has 3 rings (SSSR count). The normalized spacial score (nSPS) is 19.7. The minimum Gasteiger partial charge on any atom is -0.381 e. The number of anilines is 1. The first-order valence-electron chi connectivity index (χ1n) is 6.81. The van der Waals surface area contributed by atoms with E-state index in [1.807, 2.05) is 23.1 Å². The van der Waals surface area contributed by atoms with E-state index in [0.29, 0.717) is 6.04 Å². The van der Waals surface area contributed by atoms with Gasteiger partial charge in [0.25, 0.3) is 0 Å². The topological polar surface area (TPSA) is 33.1 Å². The Kier molecular flexibility index (Phi) is 3.51. The minimum absolute atomic E-state index is 0.574. The van der Waals surface area contributed by atoms with Crippen molar-refractivity contribution in [3.8, 4) is 0 Å². The van der Waals surface area contributed by atoms with Crippen LogP contribution in [0.15, 0.2) is 42.7 Å². The lowest BCUT2D eigenvalue weighted by molar-refractivity contribution is 0.414. The van der Waals surface area contributed by atoms with Crippen LogP contribution in [0.5, 0.6) is 0 Å². The average molecular weight is 256 g/mol. The van der Waals surface area contributed by atoms with Gasteiger partial charge in [0.05, 0.1) is 6.54 Å². The predicted molar refractivity (Wildman–Crippen MR) is 77.3 cm³/mol. The highest BCUT2D eigenvalue weighted by Gasteiger charge is 2.18. The van der Waals surface area contributed by atoms with Crippen LogP contribution in [-0.4, -0.2) is 40.9 Å². The molecule has 2 heterocycles. The summed E-state index contributed by atoms with van der Waals surface area (Å²) < 4.78 is 1.95. The zero-order valence-corrected chi connectivity index (χ0v) is 11.3. The number of benzene rings is 1. The van der Waals surface area contributed by atoms with Crippen LogP contribution < -0.4 is 5.32 Å². The van der Waals surface area contributed by atoms with E-state index in [0.717, 1.165) is 13.1 Å². The SMILES string of the molecule is CN1CCC(Nc2cccc(Cn3cccn3)c2)C1. The molecule has 1 atom stereocenters. The summed E-state index contributed by atoms with van der Waals surface area (Å²) in [4.78, 5) is 2.37. The van der Waals surface area contributed by atoms with Crippen molar-refractivity contribution in [2.75, 3.05) is 25.5 Å². The van der Waals surface area contributed by atoms with Crippen molar-refractivity contribution >= 4 is 5.69 Å². The maximum atomic E-state index is 4.24. The van der Waals surface area contributed by atoms with Crippen LogP contribution >= 0.6 is 0 Å². The van der Waals surface area contributed by atoms with Gasteiger partial charge in [-0.3, -0.25) is 4.68 Å². The van der Waals surface area contributed by atoms with Crippen LogP contribution in [0.1, 0.15) is 12.0 Å². The number of likely N-dealkylation sites (tertiary alicyclic amines) is 1. The molecule has 0 aliphatic carbocycles. The van der Waals surface area contributed by atoms with Crippen LogP contribution in [-0.2, 0) is 6.54 Å². The van der Waals surface area contributed by atoms with Crippen molar-refractivity contribution < 1.29 is 0 Å². The second-order valence-electron chi connectivity index (χ2n) is 5.30. The van der Waals surface area contributed by atoms with E-state index in [4.69, 9.17) is 0 Å². The van der Waals surface area contributed by atoms with Crippen molar-refractivity contribution in [3.63, 3.8) is 0 Å². The van der Waals surface area contributed by atoms with Crippen LogP contribution in [0.3, 0.4) is 0 Å². The van der Waals surface area contributed by atoms with Crippen molar-refractivity contribution in [1.82, 2.24) is 14.7 Å². The standard InChI is InChI=1S/C15H20N4/c1-18-9-6-15(12-18)17-14-5-2-4-13(10-14)11-19-8-3-7-16-19/h2-5,7-8,10,15,17H,6,9,11-12H2,1H3. The first-order chi connectivity index (χ1) is 9.29. The van der Waals surface area contributed by atoms with E-state index in [9.17, 15) is 0 Å². The zero-order chi connectivity index (χ0) is 13.1. The zero-order valence-electron chi connectivity index (χ0n) is 11.3. The number of aromatic nitrogens is 2. The number of nitrogens with one attached hydrogen (secondary N) is 1. The highest BCUT2D eigenvalue weighted by molar-refractivity contribution is 5.46. The number of nitrogens with zero attached hydrogens (tertiary/aromatic N) is 3. The number of hydrogen-bond acceptors (Lipinski definition) is 3. The Hall–Kier alpha value is -1.81. The molecule has 4 nitrogen and oxygen atoms in total. The Labute approximate surface area is 114 Å². The van der Waals surface area contributed by atoms with E-state index >= 15 is 0 Å². The molecule has 4 heteroatoms. The molecule has 1 N–H and O–H groups in total. The molecular formula is C15H20N4. The van der Waals surface area contributed by atoms with E-state index in [1.165, 1.54) is 24.2 Å². The monoisotopic (exact) mass is 256 g/mol. The van der Waals surface area contributed by atoms with Gasteiger partial charge in [-0.2, -0.15) is 5.10 Å². The van der Waals surface area contributed by atoms with Gasteiger partial charge in [0.1, 0.15) is 0 Å². The first-order valence-corrected chi connectivity index (χ1v) is 6.81. The third kappa shape index (κ3) is 3.15. The van der Waals surface area contributed by atoms with Crippen molar-refractivity contribution in [1.29, 1.82) is 0 Å². The summed E-state index contributed by atoms with van der Waals surface area (Å²) >= 11 is 0. The molecule has 0 amide bonds. The van der Waals surface area contributed by atoms with Gasteiger partial charge in [-0.1, -0.05) is 12.1 Å². The summed E-state index contributed by atoms with van der Waals surface area (Å²) in [6.07, 6.45) is 5.03. The van der Waals surface area contributed by atoms with Gasteiger partial charge in [-0.25, -0.2) is 0 Å². The van der Waals surface area contributed by atoms with Crippen LogP contribution in [0, 0.1) is 0 Å².